The van der Waals surface area contributed by atoms with E-state index in [0.717, 1.165) is 11.4 Å². The highest BCUT2D eigenvalue weighted by atomic mass is 32.1. The number of benzene rings is 1. The van der Waals surface area contributed by atoms with Crippen LogP contribution in [0.1, 0.15) is 10.7 Å². The molecule has 1 aromatic heterocycles. The fraction of sp³-hybridized carbons (Fsp3) is 0.389. The van der Waals surface area contributed by atoms with Gasteiger partial charge in [0.2, 0.25) is 5.91 Å². The molecule has 8 nitrogen and oxygen atoms in total. The van der Waals surface area contributed by atoms with E-state index in [9.17, 15) is 9.59 Å². The van der Waals surface area contributed by atoms with Crippen molar-refractivity contribution in [3.8, 4) is 11.5 Å². The van der Waals surface area contributed by atoms with E-state index in [4.69, 9.17) is 9.47 Å². The molecule has 1 aliphatic heterocycles. The SMILES string of the molecule is Cc1csc(CC(=O)NNC(=O)CN(C)CC2COc3ccccc3O2)n1. The van der Waals surface area contributed by atoms with Gasteiger partial charge in [-0.1, -0.05) is 12.1 Å². The Morgan fingerprint density at radius 2 is 2.00 bits per heavy atom. The number of hydrazine groups is 1. The zero-order valence-corrected chi connectivity index (χ0v) is 16.0. The molecule has 1 atom stereocenters. The first-order valence-corrected chi connectivity index (χ1v) is 9.43. The van der Waals surface area contributed by atoms with E-state index in [1.54, 1.807) is 0 Å². The van der Waals surface area contributed by atoms with Gasteiger partial charge in [0.1, 0.15) is 17.7 Å². The number of carbonyl (C=O) groups excluding carboxylic acids is 2. The van der Waals surface area contributed by atoms with Crippen molar-refractivity contribution in [3.63, 3.8) is 0 Å². The summed E-state index contributed by atoms with van der Waals surface area (Å²) in [6.07, 6.45) is -0.0261. The average molecular weight is 390 g/mol. The van der Waals surface area contributed by atoms with Gasteiger partial charge in [0.25, 0.3) is 5.91 Å². The van der Waals surface area contributed by atoms with Gasteiger partial charge in [-0.3, -0.25) is 25.3 Å². The first kappa shape index (κ1) is 19.1. The average Bonchev–Trinajstić information content (AvgIpc) is 3.04. The molecule has 1 unspecified atom stereocenters. The van der Waals surface area contributed by atoms with Crippen molar-refractivity contribution in [3.05, 3.63) is 40.3 Å². The zero-order chi connectivity index (χ0) is 19.2. The second-order valence-electron chi connectivity index (χ2n) is 6.35. The van der Waals surface area contributed by atoms with Crippen molar-refractivity contribution in [2.24, 2.45) is 0 Å². The van der Waals surface area contributed by atoms with E-state index in [2.05, 4.69) is 15.8 Å². The first-order chi connectivity index (χ1) is 13.0. The van der Waals surface area contributed by atoms with Gasteiger partial charge >= 0.3 is 0 Å². The number of aromatic nitrogens is 1. The van der Waals surface area contributed by atoms with Gasteiger partial charge < -0.3 is 9.47 Å². The predicted octanol–water partition coefficient (Wildman–Crippen LogP) is 0.913. The Balaban J connectivity index is 1.37. The quantitative estimate of drug-likeness (QED) is 0.713. The Labute approximate surface area is 161 Å². The van der Waals surface area contributed by atoms with E-state index in [1.807, 2.05) is 48.5 Å². The summed E-state index contributed by atoms with van der Waals surface area (Å²) in [5.41, 5.74) is 5.71. The van der Waals surface area contributed by atoms with Crippen molar-refractivity contribution in [1.29, 1.82) is 0 Å². The van der Waals surface area contributed by atoms with Gasteiger partial charge in [-0.05, 0) is 26.1 Å². The molecule has 0 spiro atoms. The molecule has 0 radical (unpaired) electrons. The van der Waals surface area contributed by atoms with Crippen LogP contribution in [-0.2, 0) is 16.0 Å². The summed E-state index contributed by atoms with van der Waals surface area (Å²) in [6.45, 7) is 2.94. The smallest absolute Gasteiger partial charge is 0.252 e. The number of hydrogen-bond donors (Lipinski definition) is 2. The monoisotopic (exact) mass is 390 g/mol. The van der Waals surface area contributed by atoms with Crippen LogP contribution in [0.25, 0.3) is 0 Å². The minimum atomic E-state index is -0.307. The van der Waals surface area contributed by atoms with E-state index in [0.29, 0.717) is 23.9 Å². The van der Waals surface area contributed by atoms with Crippen LogP contribution in [0.3, 0.4) is 0 Å². The second kappa shape index (κ2) is 8.83. The molecule has 3 rings (SSSR count). The van der Waals surface area contributed by atoms with Gasteiger partial charge in [0.05, 0.1) is 13.0 Å². The number of nitrogens with zero attached hydrogens (tertiary/aromatic N) is 2. The summed E-state index contributed by atoms with van der Waals surface area (Å²) in [5.74, 6) is 0.822. The van der Waals surface area contributed by atoms with Crippen molar-refractivity contribution in [2.75, 3.05) is 26.7 Å². The molecule has 2 heterocycles. The Morgan fingerprint density at radius 1 is 1.26 bits per heavy atom. The Morgan fingerprint density at radius 3 is 2.74 bits per heavy atom. The lowest BCUT2D eigenvalue weighted by molar-refractivity contribution is -0.129. The third kappa shape index (κ3) is 5.66. The number of amides is 2. The lowest BCUT2D eigenvalue weighted by Gasteiger charge is -2.29. The minimum Gasteiger partial charge on any atom is -0.486 e. The normalized spacial score (nSPS) is 15.4. The maximum Gasteiger partial charge on any atom is 0.252 e. The van der Waals surface area contributed by atoms with Gasteiger partial charge in [0.15, 0.2) is 11.5 Å². The molecule has 2 N–H and O–H groups in total. The zero-order valence-electron chi connectivity index (χ0n) is 15.2. The number of hydrogen-bond acceptors (Lipinski definition) is 7. The Bertz CT molecular complexity index is 810. The number of ether oxygens (including phenoxy) is 2. The van der Waals surface area contributed by atoms with Gasteiger partial charge in [-0.15, -0.1) is 11.3 Å². The van der Waals surface area contributed by atoms with Crippen LogP contribution >= 0.6 is 11.3 Å². The Hall–Kier alpha value is -2.65. The van der Waals surface area contributed by atoms with Crippen LogP contribution in [-0.4, -0.2) is 54.5 Å². The van der Waals surface area contributed by atoms with Crippen LogP contribution in [0.2, 0.25) is 0 Å². The molecule has 2 amide bonds. The number of nitrogens with one attached hydrogen (secondary N) is 2. The molecule has 9 heteroatoms. The predicted molar refractivity (Wildman–Crippen MR) is 101 cm³/mol. The minimum absolute atomic E-state index is 0.123. The van der Waals surface area contributed by atoms with Crippen LogP contribution in [0.15, 0.2) is 29.6 Å². The van der Waals surface area contributed by atoms with Crippen molar-refractivity contribution < 1.29 is 19.1 Å². The van der Waals surface area contributed by atoms with Crippen LogP contribution in [0.5, 0.6) is 11.5 Å². The molecule has 0 fully saturated rings. The van der Waals surface area contributed by atoms with E-state index >= 15 is 0 Å². The molecule has 2 aromatic rings. The highest BCUT2D eigenvalue weighted by molar-refractivity contribution is 7.09. The fourth-order valence-electron chi connectivity index (χ4n) is 2.65. The maximum absolute atomic E-state index is 12.0. The fourth-order valence-corrected chi connectivity index (χ4v) is 3.43. The molecule has 27 heavy (non-hydrogen) atoms. The standard InChI is InChI=1S/C18H22N4O4S/c1-12-11-27-18(19-12)7-16(23)20-21-17(24)9-22(2)8-13-10-25-14-5-3-4-6-15(14)26-13/h3-6,11,13H,7-10H2,1-2H3,(H,20,23)(H,21,24). The number of likely N-dealkylation sites (N-methyl/N-ethyl adjacent to an activating group) is 1. The third-order valence-electron chi connectivity index (χ3n) is 3.82. The largest absolute Gasteiger partial charge is 0.486 e. The topological polar surface area (TPSA) is 92.8 Å². The van der Waals surface area contributed by atoms with Crippen LogP contribution in [0.4, 0.5) is 0 Å². The van der Waals surface area contributed by atoms with Crippen molar-refractivity contribution in [2.45, 2.75) is 19.4 Å². The molecule has 0 saturated carbocycles. The molecule has 1 aromatic carbocycles. The molecular formula is C18H22N4O4S. The molecule has 0 saturated heterocycles. The number of fused-ring (bicyclic) bond motifs is 1. The highest BCUT2D eigenvalue weighted by Crippen LogP contribution is 2.30. The van der Waals surface area contributed by atoms with E-state index < -0.39 is 0 Å². The van der Waals surface area contributed by atoms with Gasteiger partial charge in [-0.2, -0.15) is 0 Å². The molecule has 0 aliphatic carbocycles. The van der Waals surface area contributed by atoms with E-state index in [-0.39, 0.29) is 30.9 Å². The van der Waals surface area contributed by atoms with Gasteiger partial charge in [-0.25, -0.2) is 4.98 Å². The summed E-state index contributed by atoms with van der Waals surface area (Å²) in [4.78, 5) is 29.9. The van der Waals surface area contributed by atoms with Crippen molar-refractivity contribution in [1.82, 2.24) is 20.7 Å². The maximum atomic E-state index is 12.0. The summed E-state index contributed by atoms with van der Waals surface area (Å²) in [5, 5.41) is 2.59. The van der Waals surface area contributed by atoms with Crippen LogP contribution in [0, 0.1) is 6.92 Å². The number of rotatable bonds is 6. The molecular weight excluding hydrogens is 368 g/mol. The number of aryl methyl sites for hydroxylation is 1. The second-order valence-corrected chi connectivity index (χ2v) is 7.29. The van der Waals surface area contributed by atoms with E-state index in [1.165, 1.54) is 11.3 Å². The highest BCUT2D eigenvalue weighted by Gasteiger charge is 2.22. The summed E-state index contributed by atoms with van der Waals surface area (Å²) >= 11 is 1.42. The number of thiazole rings is 1. The summed E-state index contributed by atoms with van der Waals surface area (Å²) in [7, 11) is 1.81. The third-order valence-corrected chi connectivity index (χ3v) is 4.78. The summed E-state index contributed by atoms with van der Waals surface area (Å²) < 4.78 is 11.5. The van der Waals surface area contributed by atoms with Crippen molar-refractivity contribution >= 4 is 23.2 Å². The van der Waals surface area contributed by atoms with Crippen LogP contribution < -0.4 is 20.3 Å². The number of para-hydroxylation sites is 2. The Kier molecular flexibility index (Phi) is 6.25. The molecule has 1 aliphatic rings. The molecule has 0 bridgehead atoms. The lowest BCUT2D eigenvalue weighted by Crippen LogP contribution is -2.48. The number of carbonyl (C=O) groups is 2. The van der Waals surface area contributed by atoms with Gasteiger partial charge in [0, 0.05) is 17.6 Å². The lowest BCUT2D eigenvalue weighted by atomic mass is 10.2. The molecule has 144 valence electrons. The first-order valence-electron chi connectivity index (χ1n) is 8.55. The summed E-state index contributed by atoms with van der Waals surface area (Å²) in [6, 6.07) is 7.49.